The van der Waals surface area contributed by atoms with E-state index < -0.39 is 73.0 Å². The number of hydrogen-bond acceptors (Lipinski definition) is 12. The van der Waals surface area contributed by atoms with Crippen LogP contribution in [0.15, 0.2) is 0 Å². The molecule has 0 aliphatic carbocycles. The Morgan fingerprint density at radius 2 is 0.529 bits per heavy atom. The molecule has 4 aliphatic rings. The van der Waals surface area contributed by atoms with E-state index in [1.54, 1.807) is 0 Å². The van der Waals surface area contributed by atoms with Crippen molar-refractivity contribution in [2.75, 3.05) is 26.2 Å². The van der Waals surface area contributed by atoms with Crippen LogP contribution in [0.3, 0.4) is 0 Å². The number of likely N-dealkylation sites (tertiary alicyclic amines) is 4. The Labute approximate surface area is 415 Å². The van der Waals surface area contributed by atoms with E-state index in [4.69, 9.17) is 18.9 Å². The average molecular weight is 959 g/mol. The monoisotopic (exact) mass is 959 g/mol. The Morgan fingerprint density at radius 1 is 0.353 bits per heavy atom. The maximum atomic E-state index is 15.2. The van der Waals surface area contributed by atoms with E-state index in [2.05, 4.69) is 158 Å². The molecular formula is C56H102N4O8. The van der Waals surface area contributed by atoms with Crippen LogP contribution >= 0.6 is 0 Å². The van der Waals surface area contributed by atoms with Crippen LogP contribution in [0, 0.1) is 11.8 Å². The zero-order valence-electron chi connectivity index (χ0n) is 47.2. The number of carbonyl (C=O) groups excluding carboxylic acids is 4. The third-order valence-electron chi connectivity index (χ3n) is 16.5. The first-order chi connectivity index (χ1) is 31.1. The van der Waals surface area contributed by atoms with E-state index in [1.165, 1.54) is 0 Å². The second-order valence-corrected chi connectivity index (χ2v) is 26.7. The molecule has 2 atom stereocenters. The standard InChI is InChI=1S/C56H102N4O8/c1-21-25-57-49(5,6)31-39(32-50(57,7)8)65-45(61)29-43(47(63)67-41-35-53(13,14)59(27-23-3)54(15,16)36-41)44(48(64)68-42-37-55(17,18)60(28-24-4)56(19,20)38-42)30-46(62)66-40-33-51(9,10)58(26-22-2)52(11,12)34-40/h39-44H,21-38H2,1-20H3. The third-order valence-corrected chi connectivity index (χ3v) is 16.5. The number of rotatable bonds is 19. The first-order valence-corrected chi connectivity index (χ1v) is 27.0. The number of esters is 4. The molecule has 0 amide bonds. The molecular weight excluding hydrogens is 857 g/mol. The summed E-state index contributed by atoms with van der Waals surface area (Å²) in [7, 11) is 0. The van der Waals surface area contributed by atoms with Crippen LogP contribution in [0.1, 0.15) is 228 Å². The summed E-state index contributed by atoms with van der Waals surface area (Å²) in [5.74, 6) is -5.21. The minimum atomic E-state index is -1.34. The summed E-state index contributed by atoms with van der Waals surface area (Å²) in [6, 6.07) is 0. The largest absolute Gasteiger partial charge is 0.462 e. The summed E-state index contributed by atoms with van der Waals surface area (Å²) < 4.78 is 25.9. The first-order valence-electron chi connectivity index (χ1n) is 27.0. The van der Waals surface area contributed by atoms with E-state index >= 15 is 9.59 Å². The van der Waals surface area contributed by atoms with Crippen LogP contribution in [-0.2, 0) is 38.1 Å². The van der Waals surface area contributed by atoms with E-state index in [0.29, 0.717) is 51.4 Å². The molecule has 4 fully saturated rings. The summed E-state index contributed by atoms with van der Waals surface area (Å²) in [6.45, 7) is 47.5. The maximum Gasteiger partial charge on any atom is 0.310 e. The van der Waals surface area contributed by atoms with Crippen LogP contribution in [0.25, 0.3) is 0 Å². The van der Waals surface area contributed by atoms with Gasteiger partial charge in [0.2, 0.25) is 0 Å². The number of carbonyl (C=O) groups is 4. The fourth-order valence-electron chi connectivity index (χ4n) is 14.7. The second kappa shape index (κ2) is 21.8. The van der Waals surface area contributed by atoms with Gasteiger partial charge >= 0.3 is 23.9 Å². The Balaban J connectivity index is 1.75. The maximum absolute atomic E-state index is 15.2. The molecule has 0 aromatic rings. The molecule has 68 heavy (non-hydrogen) atoms. The van der Waals surface area contributed by atoms with Gasteiger partial charge < -0.3 is 18.9 Å². The quantitative estimate of drug-likeness (QED) is 0.0906. The van der Waals surface area contributed by atoms with E-state index in [0.717, 1.165) is 51.9 Å². The van der Waals surface area contributed by atoms with Crippen molar-refractivity contribution in [2.45, 2.75) is 297 Å². The van der Waals surface area contributed by atoms with Gasteiger partial charge in [-0.3, -0.25) is 38.8 Å². The molecule has 12 heteroatoms. The van der Waals surface area contributed by atoms with Crippen molar-refractivity contribution in [2.24, 2.45) is 11.8 Å². The minimum Gasteiger partial charge on any atom is -0.462 e. The average Bonchev–Trinajstić information content (AvgIpc) is 3.14. The zero-order chi connectivity index (χ0) is 51.6. The van der Waals surface area contributed by atoms with E-state index in [1.807, 2.05) is 0 Å². The minimum absolute atomic E-state index is 0.243. The molecule has 394 valence electrons. The van der Waals surface area contributed by atoms with Gasteiger partial charge in [-0.1, -0.05) is 27.7 Å². The number of ether oxygens (including phenoxy) is 4. The summed E-state index contributed by atoms with van der Waals surface area (Å²) in [5, 5.41) is 0. The molecule has 0 radical (unpaired) electrons. The van der Waals surface area contributed by atoms with Gasteiger partial charge in [0.05, 0.1) is 24.7 Å². The van der Waals surface area contributed by atoms with Gasteiger partial charge in [-0.15, -0.1) is 0 Å². The van der Waals surface area contributed by atoms with Gasteiger partial charge in [0.1, 0.15) is 24.4 Å². The van der Waals surface area contributed by atoms with Crippen molar-refractivity contribution in [3.05, 3.63) is 0 Å². The molecule has 0 aromatic heterocycles. The Hall–Kier alpha value is -2.28. The lowest BCUT2D eigenvalue weighted by atomic mass is 9.77. The third kappa shape index (κ3) is 14.0. The summed E-state index contributed by atoms with van der Waals surface area (Å²) >= 11 is 0. The Bertz CT molecular complexity index is 1540. The zero-order valence-corrected chi connectivity index (χ0v) is 47.2. The highest BCUT2D eigenvalue weighted by molar-refractivity contribution is 5.89. The van der Waals surface area contributed by atoms with Gasteiger partial charge in [-0.2, -0.15) is 0 Å². The molecule has 0 saturated carbocycles. The fourth-order valence-corrected chi connectivity index (χ4v) is 14.7. The lowest BCUT2D eigenvalue weighted by Gasteiger charge is -2.55. The Kier molecular flexibility index (Phi) is 18.7. The topological polar surface area (TPSA) is 118 Å². The molecule has 2 unspecified atom stereocenters. The lowest BCUT2D eigenvalue weighted by Crippen LogP contribution is -2.62. The smallest absolute Gasteiger partial charge is 0.310 e. The first kappa shape index (κ1) is 58.3. The molecule has 4 saturated heterocycles. The molecule has 4 rings (SSSR count). The van der Waals surface area contributed by atoms with Crippen molar-refractivity contribution < 1.29 is 38.1 Å². The summed E-state index contributed by atoms with van der Waals surface area (Å²) in [4.78, 5) is 69.4. The van der Waals surface area contributed by atoms with Crippen LogP contribution in [0.2, 0.25) is 0 Å². The van der Waals surface area contributed by atoms with Crippen molar-refractivity contribution >= 4 is 23.9 Å². The number of hydrogen-bond donors (Lipinski definition) is 0. The molecule has 4 heterocycles. The van der Waals surface area contributed by atoms with Gasteiger partial charge in [-0.05, 0) is 163 Å². The van der Waals surface area contributed by atoms with Crippen LogP contribution in [-0.4, -0.2) is 138 Å². The van der Waals surface area contributed by atoms with Gasteiger partial charge in [0.25, 0.3) is 0 Å². The molecule has 0 bridgehead atoms. The number of nitrogens with zero attached hydrogens (tertiary/aromatic N) is 4. The number of piperidine rings is 4. The predicted octanol–water partition coefficient (Wildman–Crippen LogP) is 10.9. The van der Waals surface area contributed by atoms with Crippen LogP contribution < -0.4 is 0 Å². The highest BCUT2D eigenvalue weighted by Crippen LogP contribution is 2.45. The van der Waals surface area contributed by atoms with Gasteiger partial charge in [0, 0.05) is 95.7 Å². The highest BCUT2D eigenvalue weighted by atomic mass is 16.6. The summed E-state index contributed by atoms with van der Waals surface area (Å²) in [5.41, 5.74) is -2.11. The highest BCUT2D eigenvalue weighted by Gasteiger charge is 2.52. The van der Waals surface area contributed by atoms with Gasteiger partial charge in [0.15, 0.2) is 0 Å². The van der Waals surface area contributed by atoms with Crippen LogP contribution in [0.5, 0.6) is 0 Å². The van der Waals surface area contributed by atoms with Crippen LogP contribution in [0.4, 0.5) is 0 Å². The van der Waals surface area contributed by atoms with Crippen molar-refractivity contribution in [1.29, 1.82) is 0 Å². The van der Waals surface area contributed by atoms with Crippen molar-refractivity contribution in [3.8, 4) is 0 Å². The SMILES string of the molecule is CCCN1C(C)(C)CC(OC(=O)CC(C(=O)OC2CC(C)(C)N(CCC)C(C)(C)C2)C(CC(=O)OC2CC(C)(C)N(CCC)C(C)(C)C2)C(=O)OC2CC(C)(C)N(CCC)C(C)(C)C2)CC1(C)C. The van der Waals surface area contributed by atoms with Crippen molar-refractivity contribution in [3.63, 3.8) is 0 Å². The molecule has 0 aromatic carbocycles. The Morgan fingerprint density at radius 3 is 0.706 bits per heavy atom. The summed E-state index contributed by atoms with van der Waals surface area (Å²) in [6.07, 6.45) is 6.23. The molecule has 0 N–H and O–H groups in total. The molecule has 0 spiro atoms. The fraction of sp³-hybridized carbons (Fsp3) is 0.929. The second-order valence-electron chi connectivity index (χ2n) is 26.7. The molecule has 12 nitrogen and oxygen atoms in total. The van der Waals surface area contributed by atoms with E-state index in [9.17, 15) is 9.59 Å². The predicted molar refractivity (Wildman–Crippen MR) is 273 cm³/mol. The van der Waals surface area contributed by atoms with Gasteiger partial charge in [-0.25, -0.2) is 0 Å². The van der Waals surface area contributed by atoms with Crippen molar-refractivity contribution in [1.82, 2.24) is 19.6 Å². The lowest BCUT2D eigenvalue weighted by molar-refractivity contribution is -0.184. The normalized spacial score (nSPS) is 26.4. The van der Waals surface area contributed by atoms with E-state index in [-0.39, 0.29) is 44.3 Å². The molecule has 4 aliphatic heterocycles.